The monoisotopic (exact) mass is 276 g/mol. The van der Waals surface area contributed by atoms with Crippen molar-refractivity contribution in [3.8, 4) is 0 Å². The van der Waals surface area contributed by atoms with Crippen LogP contribution in [0, 0.1) is 5.92 Å². The van der Waals surface area contributed by atoms with Crippen molar-refractivity contribution in [1.29, 1.82) is 0 Å². The Labute approximate surface area is 120 Å². The van der Waals surface area contributed by atoms with Crippen LogP contribution >= 0.6 is 0 Å². The first-order valence-corrected chi connectivity index (χ1v) is 7.61. The van der Waals surface area contributed by atoms with Crippen molar-refractivity contribution >= 4 is 5.69 Å². The fourth-order valence-electron chi connectivity index (χ4n) is 2.83. The molecule has 20 heavy (non-hydrogen) atoms. The van der Waals surface area contributed by atoms with E-state index in [4.69, 9.17) is 5.73 Å². The third-order valence-corrected chi connectivity index (χ3v) is 4.34. The molecule has 2 aliphatic rings. The molecule has 110 valence electrons. The highest BCUT2D eigenvalue weighted by Gasteiger charge is 2.26. The zero-order chi connectivity index (χ0) is 13.9. The molecule has 5 heteroatoms. The lowest BCUT2D eigenvalue weighted by Crippen LogP contribution is -2.47. The van der Waals surface area contributed by atoms with E-state index in [0.717, 1.165) is 32.1 Å². The molecule has 5 nitrogen and oxygen atoms in total. The van der Waals surface area contributed by atoms with Gasteiger partial charge in [-0.3, -0.25) is 9.69 Å². The van der Waals surface area contributed by atoms with Crippen molar-refractivity contribution in [1.82, 2.24) is 14.4 Å². The van der Waals surface area contributed by atoms with Crippen molar-refractivity contribution in [3.05, 3.63) is 28.7 Å². The highest BCUT2D eigenvalue weighted by Crippen LogP contribution is 2.29. The molecule has 2 heterocycles. The van der Waals surface area contributed by atoms with Gasteiger partial charge in [0.05, 0.1) is 0 Å². The van der Waals surface area contributed by atoms with Gasteiger partial charge in [-0.25, -0.2) is 0 Å². The maximum Gasteiger partial charge on any atom is 0.250 e. The SMILES string of the molecule is Nc1ccc(=O)n(CCN2CCN(CC3CC3)CC2)c1. The predicted molar refractivity (Wildman–Crippen MR) is 80.7 cm³/mol. The van der Waals surface area contributed by atoms with Gasteiger partial charge in [0.1, 0.15) is 0 Å². The fraction of sp³-hybridized carbons (Fsp3) is 0.667. The summed E-state index contributed by atoms with van der Waals surface area (Å²) in [6.07, 6.45) is 4.60. The number of piperazine rings is 1. The number of aromatic nitrogens is 1. The first-order chi connectivity index (χ1) is 9.70. The van der Waals surface area contributed by atoms with Gasteiger partial charge in [0.15, 0.2) is 0 Å². The Bertz CT molecular complexity index is 501. The molecule has 0 amide bonds. The lowest BCUT2D eigenvalue weighted by atomic mass is 10.3. The lowest BCUT2D eigenvalue weighted by molar-refractivity contribution is 0.125. The minimum absolute atomic E-state index is 0.0339. The highest BCUT2D eigenvalue weighted by molar-refractivity contribution is 5.33. The van der Waals surface area contributed by atoms with E-state index < -0.39 is 0 Å². The van der Waals surface area contributed by atoms with Crippen LogP contribution in [0.1, 0.15) is 12.8 Å². The first kappa shape index (κ1) is 13.6. The zero-order valence-corrected chi connectivity index (χ0v) is 12.0. The van der Waals surface area contributed by atoms with Gasteiger partial charge in [0.25, 0.3) is 5.56 Å². The minimum Gasteiger partial charge on any atom is -0.398 e. The molecule has 2 fully saturated rings. The molecule has 1 aliphatic heterocycles. The molecule has 2 N–H and O–H groups in total. The van der Waals surface area contributed by atoms with Gasteiger partial charge in [-0.2, -0.15) is 0 Å². The molecule has 0 radical (unpaired) electrons. The molecule has 1 aliphatic carbocycles. The number of nitrogens with zero attached hydrogens (tertiary/aromatic N) is 3. The third-order valence-electron chi connectivity index (χ3n) is 4.34. The standard InChI is InChI=1S/C15H24N4O/c16-14-3-4-15(20)19(12-14)10-9-17-5-7-18(8-6-17)11-13-1-2-13/h3-4,12-13H,1-2,5-11,16H2. The van der Waals surface area contributed by atoms with Crippen LogP contribution in [0.3, 0.4) is 0 Å². The Morgan fingerprint density at radius 2 is 1.75 bits per heavy atom. The van der Waals surface area contributed by atoms with Crippen molar-refractivity contribution in [2.45, 2.75) is 19.4 Å². The molecule has 1 saturated heterocycles. The molecule has 1 aromatic rings. The van der Waals surface area contributed by atoms with E-state index in [1.54, 1.807) is 22.9 Å². The van der Waals surface area contributed by atoms with Crippen LogP contribution in [-0.2, 0) is 6.54 Å². The summed E-state index contributed by atoms with van der Waals surface area (Å²) in [5.74, 6) is 0.979. The van der Waals surface area contributed by atoms with Crippen LogP contribution in [0.15, 0.2) is 23.1 Å². The molecule has 0 unspecified atom stereocenters. The van der Waals surface area contributed by atoms with Crippen molar-refractivity contribution in [2.24, 2.45) is 5.92 Å². The summed E-state index contributed by atoms with van der Waals surface area (Å²) in [4.78, 5) is 16.7. The summed E-state index contributed by atoms with van der Waals surface area (Å²) in [6, 6.07) is 3.21. The number of anilines is 1. The second-order valence-electron chi connectivity index (χ2n) is 6.08. The number of pyridine rings is 1. The summed E-state index contributed by atoms with van der Waals surface area (Å²) in [5.41, 5.74) is 6.41. The number of rotatable bonds is 5. The maximum atomic E-state index is 11.7. The second-order valence-corrected chi connectivity index (χ2v) is 6.08. The van der Waals surface area contributed by atoms with Gasteiger partial charge in [0.2, 0.25) is 0 Å². The summed E-state index contributed by atoms with van der Waals surface area (Å²) in [6.45, 7) is 7.52. The zero-order valence-electron chi connectivity index (χ0n) is 12.0. The van der Waals surface area contributed by atoms with Crippen LogP contribution in [0.2, 0.25) is 0 Å². The van der Waals surface area contributed by atoms with Crippen molar-refractivity contribution in [3.63, 3.8) is 0 Å². The van der Waals surface area contributed by atoms with E-state index in [1.807, 2.05) is 0 Å². The van der Waals surface area contributed by atoms with Gasteiger partial charge in [-0.15, -0.1) is 0 Å². The van der Waals surface area contributed by atoms with Gasteiger partial charge >= 0.3 is 0 Å². The summed E-state index contributed by atoms with van der Waals surface area (Å²) in [5, 5.41) is 0. The van der Waals surface area contributed by atoms with Crippen molar-refractivity contribution < 1.29 is 0 Å². The smallest absolute Gasteiger partial charge is 0.250 e. The molecule has 0 spiro atoms. The lowest BCUT2D eigenvalue weighted by Gasteiger charge is -2.34. The topological polar surface area (TPSA) is 54.5 Å². The molecular formula is C15H24N4O. The number of hydrogen-bond donors (Lipinski definition) is 1. The molecule has 3 rings (SSSR count). The normalized spacial score (nSPS) is 21.2. The second kappa shape index (κ2) is 5.97. The Morgan fingerprint density at radius 1 is 1.05 bits per heavy atom. The van der Waals surface area contributed by atoms with Crippen LogP contribution in [0.25, 0.3) is 0 Å². The van der Waals surface area contributed by atoms with Crippen LogP contribution in [0.4, 0.5) is 5.69 Å². The van der Waals surface area contributed by atoms with E-state index in [1.165, 1.54) is 32.5 Å². The fourth-order valence-corrected chi connectivity index (χ4v) is 2.83. The summed E-state index contributed by atoms with van der Waals surface area (Å²) in [7, 11) is 0. The van der Waals surface area contributed by atoms with E-state index in [-0.39, 0.29) is 5.56 Å². The Hall–Kier alpha value is -1.33. The molecule has 0 bridgehead atoms. The highest BCUT2D eigenvalue weighted by atomic mass is 16.1. The van der Waals surface area contributed by atoms with E-state index in [2.05, 4.69) is 9.80 Å². The number of hydrogen-bond acceptors (Lipinski definition) is 4. The molecule has 0 atom stereocenters. The average Bonchev–Trinajstić information content (AvgIpc) is 3.25. The minimum atomic E-state index is 0.0339. The Morgan fingerprint density at radius 3 is 2.45 bits per heavy atom. The van der Waals surface area contributed by atoms with Gasteiger partial charge in [-0.05, 0) is 24.8 Å². The van der Waals surface area contributed by atoms with E-state index in [9.17, 15) is 4.79 Å². The third kappa shape index (κ3) is 3.61. The molecular weight excluding hydrogens is 252 g/mol. The molecule has 1 aromatic heterocycles. The van der Waals surface area contributed by atoms with Gasteiger partial charge in [-0.1, -0.05) is 0 Å². The largest absolute Gasteiger partial charge is 0.398 e. The molecule has 1 saturated carbocycles. The van der Waals surface area contributed by atoms with Gasteiger partial charge < -0.3 is 15.2 Å². The first-order valence-electron chi connectivity index (χ1n) is 7.61. The van der Waals surface area contributed by atoms with Crippen LogP contribution in [0.5, 0.6) is 0 Å². The maximum absolute atomic E-state index is 11.7. The van der Waals surface area contributed by atoms with Gasteiger partial charge in [0, 0.05) is 63.8 Å². The van der Waals surface area contributed by atoms with E-state index in [0.29, 0.717) is 5.69 Å². The Balaban J connectivity index is 1.45. The summed E-state index contributed by atoms with van der Waals surface area (Å²) < 4.78 is 1.71. The quantitative estimate of drug-likeness (QED) is 0.849. The Kier molecular flexibility index (Phi) is 4.08. The summed E-state index contributed by atoms with van der Waals surface area (Å²) >= 11 is 0. The average molecular weight is 276 g/mol. The van der Waals surface area contributed by atoms with E-state index >= 15 is 0 Å². The van der Waals surface area contributed by atoms with Crippen molar-refractivity contribution in [2.75, 3.05) is 45.0 Å². The van der Waals surface area contributed by atoms with Crippen LogP contribution in [-0.4, -0.2) is 53.6 Å². The molecule has 0 aromatic carbocycles. The number of nitrogens with two attached hydrogens (primary N) is 1. The number of nitrogen functional groups attached to an aromatic ring is 1. The van der Waals surface area contributed by atoms with Crippen LogP contribution < -0.4 is 11.3 Å². The predicted octanol–water partition coefficient (Wildman–Crippen LogP) is 0.458.